The highest BCUT2D eigenvalue weighted by molar-refractivity contribution is 5.64. The third-order valence-electron chi connectivity index (χ3n) is 9.08. The summed E-state index contributed by atoms with van der Waals surface area (Å²) in [6, 6.07) is 7.40. The van der Waals surface area contributed by atoms with Crippen LogP contribution in [-0.4, -0.2) is 112 Å². The van der Waals surface area contributed by atoms with Gasteiger partial charge in [-0.15, -0.1) is 0 Å². The van der Waals surface area contributed by atoms with Gasteiger partial charge in [-0.1, -0.05) is 12.1 Å². The van der Waals surface area contributed by atoms with Crippen molar-refractivity contribution in [2.24, 2.45) is 0 Å². The largest absolute Gasteiger partial charge is 0.497 e. The van der Waals surface area contributed by atoms with E-state index < -0.39 is 86.8 Å². The van der Waals surface area contributed by atoms with E-state index in [1.54, 1.807) is 14.0 Å². The molecule has 6 N–H and O–H groups in total. The molecule has 12 atom stereocenters. The molecule has 2 saturated heterocycles. The average molecular weight is 621 g/mol. The van der Waals surface area contributed by atoms with Gasteiger partial charge in [-0.3, -0.25) is 0 Å². The molecular formula is C30H36O14. The predicted octanol–water partition coefficient (Wildman–Crippen LogP) is -0.498. The average Bonchev–Trinajstić information content (AvgIpc) is 3.34. The van der Waals surface area contributed by atoms with E-state index in [9.17, 15) is 30.6 Å². The summed E-state index contributed by atoms with van der Waals surface area (Å²) >= 11 is 0. The van der Waals surface area contributed by atoms with Crippen LogP contribution < -0.4 is 18.9 Å². The van der Waals surface area contributed by atoms with E-state index in [0.717, 1.165) is 5.56 Å². The fourth-order valence-electron chi connectivity index (χ4n) is 6.64. The number of fused-ring (bicyclic) bond motifs is 4. The highest BCUT2D eigenvalue weighted by Crippen LogP contribution is 2.56. The molecule has 5 heterocycles. The lowest BCUT2D eigenvalue weighted by atomic mass is 9.90. The highest BCUT2D eigenvalue weighted by Gasteiger charge is 2.53. The van der Waals surface area contributed by atoms with Gasteiger partial charge < -0.3 is 68.5 Å². The molecule has 14 heteroatoms. The number of hydrogen-bond acceptors (Lipinski definition) is 14. The molecule has 2 aromatic carbocycles. The fourth-order valence-corrected chi connectivity index (χ4v) is 6.64. The molecule has 14 nitrogen and oxygen atoms in total. The lowest BCUT2D eigenvalue weighted by Gasteiger charge is -2.41. The van der Waals surface area contributed by atoms with Crippen LogP contribution in [0.5, 0.6) is 23.0 Å². The zero-order valence-corrected chi connectivity index (χ0v) is 24.0. The maximum absolute atomic E-state index is 11.1. The van der Waals surface area contributed by atoms with Crippen molar-refractivity contribution < 1.29 is 68.5 Å². The number of methoxy groups -OCH3 is 1. The molecule has 5 aliphatic rings. The van der Waals surface area contributed by atoms with Crippen LogP contribution in [0.1, 0.15) is 40.9 Å². The minimum Gasteiger partial charge on any atom is -0.497 e. The molecule has 0 radical (unpaired) electrons. The van der Waals surface area contributed by atoms with Gasteiger partial charge in [0.1, 0.15) is 77.9 Å². The first kappa shape index (κ1) is 29.9. The summed E-state index contributed by atoms with van der Waals surface area (Å²) in [6.07, 6.45) is -13.5. The van der Waals surface area contributed by atoms with Crippen LogP contribution >= 0.6 is 0 Å². The molecule has 7 rings (SSSR count). The molecule has 0 saturated carbocycles. The first-order valence-electron chi connectivity index (χ1n) is 14.6. The molecule has 44 heavy (non-hydrogen) atoms. The second-order valence-electron chi connectivity index (χ2n) is 11.6. The van der Waals surface area contributed by atoms with Crippen molar-refractivity contribution in [2.45, 2.75) is 93.6 Å². The minimum absolute atomic E-state index is 0.141. The molecule has 0 spiro atoms. The molecule has 5 aliphatic heterocycles. The lowest BCUT2D eigenvalue weighted by molar-refractivity contribution is -0.292. The highest BCUT2D eigenvalue weighted by atomic mass is 16.7. The summed E-state index contributed by atoms with van der Waals surface area (Å²) in [7, 11) is 1.58. The first-order chi connectivity index (χ1) is 21.2. The van der Waals surface area contributed by atoms with Gasteiger partial charge in [0.25, 0.3) is 0 Å². The van der Waals surface area contributed by atoms with Crippen LogP contribution in [0.4, 0.5) is 0 Å². The molecule has 0 amide bonds. The second-order valence-corrected chi connectivity index (χ2v) is 11.6. The number of benzene rings is 2. The van der Waals surface area contributed by atoms with E-state index in [0.29, 0.717) is 34.6 Å². The zero-order valence-electron chi connectivity index (χ0n) is 24.0. The fraction of sp³-hybridized carbons (Fsp3) is 0.600. The third-order valence-corrected chi connectivity index (χ3v) is 9.08. The van der Waals surface area contributed by atoms with Gasteiger partial charge in [-0.2, -0.15) is 0 Å². The predicted molar refractivity (Wildman–Crippen MR) is 145 cm³/mol. The Kier molecular flexibility index (Phi) is 7.86. The van der Waals surface area contributed by atoms with E-state index in [1.807, 2.05) is 24.3 Å². The Labute approximate surface area is 252 Å². The molecule has 0 aromatic heterocycles. The van der Waals surface area contributed by atoms with Crippen molar-refractivity contribution in [1.29, 1.82) is 0 Å². The molecule has 2 fully saturated rings. The quantitative estimate of drug-likeness (QED) is 0.256. The van der Waals surface area contributed by atoms with Crippen LogP contribution in [0.15, 0.2) is 24.3 Å². The van der Waals surface area contributed by atoms with E-state index >= 15 is 0 Å². The summed E-state index contributed by atoms with van der Waals surface area (Å²) in [5.41, 5.74) is 2.34. The van der Waals surface area contributed by atoms with E-state index in [2.05, 4.69) is 0 Å². The summed E-state index contributed by atoms with van der Waals surface area (Å²) in [4.78, 5) is 0. The van der Waals surface area contributed by atoms with Crippen molar-refractivity contribution in [3.63, 3.8) is 0 Å². The topological polar surface area (TPSA) is 195 Å². The number of rotatable bonds is 4. The van der Waals surface area contributed by atoms with Gasteiger partial charge in [-0.05, 0) is 24.6 Å². The van der Waals surface area contributed by atoms with Crippen molar-refractivity contribution >= 4 is 0 Å². The molecule has 2 aromatic rings. The summed E-state index contributed by atoms with van der Waals surface area (Å²) in [5.74, 6) is 1.61. The number of aliphatic hydroxyl groups is 6. The van der Waals surface area contributed by atoms with Crippen LogP contribution in [0.2, 0.25) is 0 Å². The second kappa shape index (κ2) is 11.6. The van der Waals surface area contributed by atoms with Crippen molar-refractivity contribution in [3.05, 3.63) is 46.5 Å². The van der Waals surface area contributed by atoms with Gasteiger partial charge in [0, 0.05) is 12.0 Å². The van der Waals surface area contributed by atoms with Gasteiger partial charge in [-0.25, -0.2) is 0 Å². The third kappa shape index (κ3) is 4.72. The molecule has 240 valence electrons. The van der Waals surface area contributed by atoms with Gasteiger partial charge in [0.2, 0.25) is 12.6 Å². The van der Waals surface area contributed by atoms with Crippen LogP contribution in [0.3, 0.4) is 0 Å². The summed E-state index contributed by atoms with van der Waals surface area (Å²) < 4.78 is 48.8. The van der Waals surface area contributed by atoms with Crippen molar-refractivity contribution in [3.8, 4) is 23.0 Å². The molecule has 12 unspecified atom stereocenters. The number of ether oxygens (including phenoxy) is 8. The summed E-state index contributed by atoms with van der Waals surface area (Å²) in [5, 5.41) is 62.6. The minimum atomic E-state index is -1.44. The first-order valence-corrected chi connectivity index (χ1v) is 14.6. The summed E-state index contributed by atoms with van der Waals surface area (Å²) in [6.45, 7) is 0.522. The number of hydrogen-bond donors (Lipinski definition) is 6. The van der Waals surface area contributed by atoms with E-state index in [1.165, 1.54) is 0 Å². The zero-order chi connectivity index (χ0) is 30.9. The Morgan fingerprint density at radius 2 is 1.34 bits per heavy atom. The van der Waals surface area contributed by atoms with Crippen molar-refractivity contribution in [2.75, 3.05) is 20.3 Å². The van der Waals surface area contributed by atoms with E-state index in [-0.39, 0.29) is 18.1 Å². The lowest BCUT2D eigenvalue weighted by Crippen LogP contribution is -2.60. The normalized spacial score (nSPS) is 39.1. The molecule has 0 aliphatic carbocycles. The Morgan fingerprint density at radius 3 is 1.98 bits per heavy atom. The Balaban J connectivity index is 1.34. The Hall–Kier alpha value is -2.76. The molecular weight excluding hydrogens is 584 g/mol. The van der Waals surface area contributed by atoms with Gasteiger partial charge in [0.05, 0.1) is 44.2 Å². The smallest absolute Gasteiger partial charge is 0.229 e. The maximum atomic E-state index is 11.1. The monoisotopic (exact) mass is 620 g/mol. The number of aliphatic hydroxyl groups excluding tert-OH is 6. The van der Waals surface area contributed by atoms with Gasteiger partial charge >= 0.3 is 0 Å². The van der Waals surface area contributed by atoms with Gasteiger partial charge in [0.15, 0.2) is 0 Å². The molecule has 0 bridgehead atoms. The van der Waals surface area contributed by atoms with Crippen molar-refractivity contribution in [1.82, 2.24) is 0 Å². The van der Waals surface area contributed by atoms with Crippen LogP contribution in [0.25, 0.3) is 0 Å². The Morgan fingerprint density at radius 1 is 0.727 bits per heavy atom. The maximum Gasteiger partial charge on any atom is 0.229 e. The SMILES string of the molecule is COc1ccc(C2CC3OC4C(Oc5c6c(c(C)c(c53)O2)OC2OC(CO)C(O)C(O)C2OC6)OC(CO)C(O)C4O)cc1. The van der Waals surface area contributed by atoms with E-state index in [4.69, 9.17) is 37.9 Å². The van der Waals surface area contributed by atoms with Crippen LogP contribution in [0, 0.1) is 6.92 Å². The standard InChI is InChI=1S/C30H36O14/c1-11-24-14(10-38-27-22(35)20(33)17(8-31)41-29(27)43-24)26-19-16(40-28-23(36)21(34)18(9-32)42-30(28)44-26)7-15(39-25(11)19)12-3-5-13(37-2)6-4-12/h3-6,15-18,20-23,27-36H,7-10H2,1-2H3. The Bertz CT molecular complexity index is 1370. The van der Waals surface area contributed by atoms with Crippen LogP contribution in [-0.2, 0) is 25.6 Å².